The molecule has 1 N–H and O–H groups in total. The van der Waals surface area contributed by atoms with E-state index in [9.17, 15) is 5.11 Å². The lowest BCUT2D eigenvalue weighted by atomic mass is 9.95. The van der Waals surface area contributed by atoms with E-state index in [0.717, 1.165) is 37.3 Å². The van der Waals surface area contributed by atoms with Crippen LogP contribution in [0.1, 0.15) is 34.1 Å². The molecule has 1 aliphatic heterocycles. The molecule has 0 bridgehead atoms. The van der Waals surface area contributed by atoms with Gasteiger partial charge in [0.1, 0.15) is 0 Å². The molecule has 0 amide bonds. The van der Waals surface area contributed by atoms with Crippen molar-refractivity contribution in [1.82, 2.24) is 25.1 Å². The summed E-state index contributed by atoms with van der Waals surface area (Å²) < 4.78 is 7.31. The predicted octanol–water partition coefficient (Wildman–Crippen LogP) is 3.78. The maximum Gasteiger partial charge on any atom is 0.173 e. The third-order valence-corrected chi connectivity index (χ3v) is 6.30. The average Bonchev–Trinajstić information content (AvgIpc) is 3.32. The summed E-state index contributed by atoms with van der Waals surface area (Å²) in [6.07, 6.45) is 1.81. The van der Waals surface area contributed by atoms with Gasteiger partial charge in [0.2, 0.25) is 0 Å². The van der Waals surface area contributed by atoms with Gasteiger partial charge in [-0.3, -0.25) is 4.90 Å². The summed E-state index contributed by atoms with van der Waals surface area (Å²) in [5.74, 6) is 1.35. The monoisotopic (exact) mass is 441 g/mol. The van der Waals surface area contributed by atoms with Gasteiger partial charge in [0, 0.05) is 19.6 Å². The van der Waals surface area contributed by atoms with Gasteiger partial charge in [0.05, 0.1) is 13.2 Å². The van der Waals surface area contributed by atoms with Gasteiger partial charge in [-0.05, 0) is 57.7 Å². The number of rotatable bonds is 7. The molecular weight excluding hydrogens is 414 g/mol. The summed E-state index contributed by atoms with van der Waals surface area (Å²) in [6, 6.07) is 24.3. The molecule has 0 saturated heterocycles. The number of hydrogen-bond acceptors (Lipinski definition) is 6. The molecule has 1 atom stereocenters. The summed E-state index contributed by atoms with van der Waals surface area (Å²) in [4.78, 5) is 2.40. The van der Waals surface area contributed by atoms with Gasteiger partial charge >= 0.3 is 0 Å². The second kappa shape index (κ2) is 9.42. The normalized spacial score (nSPS) is 14.6. The Kier molecular flexibility index (Phi) is 6.04. The third kappa shape index (κ3) is 4.45. The number of tetrazole rings is 1. The van der Waals surface area contributed by atoms with Crippen LogP contribution in [0.25, 0.3) is 0 Å². The minimum Gasteiger partial charge on any atom is -0.504 e. The van der Waals surface area contributed by atoms with Crippen LogP contribution >= 0.6 is 0 Å². The number of benzene rings is 3. The lowest BCUT2D eigenvalue weighted by Gasteiger charge is -2.35. The van der Waals surface area contributed by atoms with E-state index in [1.807, 2.05) is 35.0 Å². The molecule has 0 saturated carbocycles. The smallest absolute Gasteiger partial charge is 0.173 e. The van der Waals surface area contributed by atoms with Gasteiger partial charge < -0.3 is 9.84 Å². The van der Waals surface area contributed by atoms with Crippen molar-refractivity contribution in [2.75, 3.05) is 13.7 Å². The molecule has 5 rings (SSSR count). The molecule has 4 aromatic rings. The molecular formula is C26H27N5O2. The third-order valence-electron chi connectivity index (χ3n) is 6.30. The zero-order valence-electron chi connectivity index (χ0n) is 18.6. The topological polar surface area (TPSA) is 76.3 Å². The molecule has 0 unspecified atom stereocenters. The number of aryl methyl sites for hydroxylation is 2. The number of fused-ring (bicyclic) bond motifs is 1. The van der Waals surface area contributed by atoms with Crippen LogP contribution in [0.5, 0.6) is 11.5 Å². The van der Waals surface area contributed by atoms with E-state index in [-0.39, 0.29) is 11.8 Å². The molecule has 1 aromatic heterocycles. The van der Waals surface area contributed by atoms with E-state index in [4.69, 9.17) is 4.74 Å². The molecule has 0 radical (unpaired) electrons. The lowest BCUT2D eigenvalue weighted by Crippen LogP contribution is -2.36. The van der Waals surface area contributed by atoms with Gasteiger partial charge in [0.25, 0.3) is 0 Å². The van der Waals surface area contributed by atoms with E-state index in [0.29, 0.717) is 12.3 Å². The highest BCUT2D eigenvalue weighted by Crippen LogP contribution is 2.36. The van der Waals surface area contributed by atoms with Gasteiger partial charge in [-0.15, -0.1) is 5.10 Å². The first-order valence-corrected chi connectivity index (χ1v) is 11.2. The molecule has 3 aromatic carbocycles. The Hall–Kier alpha value is -3.71. The second-order valence-corrected chi connectivity index (χ2v) is 8.32. The number of aromatic hydroxyl groups is 1. The van der Waals surface area contributed by atoms with Gasteiger partial charge in [-0.25, -0.2) is 4.68 Å². The van der Waals surface area contributed by atoms with E-state index >= 15 is 0 Å². The van der Waals surface area contributed by atoms with E-state index in [1.54, 1.807) is 13.2 Å². The van der Waals surface area contributed by atoms with Crippen molar-refractivity contribution in [2.24, 2.45) is 0 Å². The second-order valence-electron chi connectivity index (χ2n) is 8.32. The first-order valence-electron chi connectivity index (χ1n) is 11.2. The van der Waals surface area contributed by atoms with Gasteiger partial charge in [0.15, 0.2) is 17.3 Å². The highest BCUT2D eigenvalue weighted by molar-refractivity contribution is 5.44. The molecule has 1 aliphatic rings. The highest BCUT2D eigenvalue weighted by Gasteiger charge is 2.31. The quantitative estimate of drug-likeness (QED) is 0.470. The number of phenols is 1. The molecule has 7 nitrogen and oxygen atoms in total. The molecule has 33 heavy (non-hydrogen) atoms. The summed E-state index contributed by atoms with van der Waals surface area (Å²) in [5, 5.41) is 23.0. The fourth-order valence-electron chi connectivity index (χ4n) is 4.57. The number of methoxy groups -OCH3 is 1. The van der Waals surface area contributed by atoms with Crippen molar-refractivity contribution in [2.45, 2.75) is 32.0 Å². The number of phenolic OH excluding ortho intramolecular Hbond substituents is 1. The molecule has 168 valence electrons. The Morgan fingerprint density at radius 1 is 1.00 bits per heavy atom. The Bertz CT molecular complexity index is 1220. The van der Waals surface area contributed by atoms with Crippen molar-refractivity contribution < 1.29 is 9.84 Å². The zero-order chi connectivity index (χ0) is 22.6. The lowest BCUT2D eigenvalue weighted by molar-refractivity contribution is 0.194. The standard InChI is InChI=1S/C26H27N5O2/c1-33-24-17-21(11-12-23(24)32)25(30-15-14-20-9-5-6-10-22(20)18-30)26-27-28-29-31(26)16-13-19-7-3-2-4-8-19/h2-12,17,25,32H,13-16,18H2,1H3/t25-/m0/s1. The van der Waals surface area contributed by atoms with E-state index < -0.39 is 0 Å². The minimum atomic E-state index is -0.168. The number of nitrogens with zero attached hydrogens (tertiary/aromatic N) is 5. The van der Waals surface area contributed by atoms with Crippen LogP contribution < -0.4 is 4.74 Å². The van der Waals surface area contributed by atoms with Crippen molar-refractivity contribution in [3.05, 3.63) is 101 Å². The maximum absolute atomic E-state index is 10.2. The summed E-state index contributed by atoms with van der Waals surface area (Å²) in [5.41, 5.74) is 4.94. The summed E-state index contributed by atoms with van der Waals surface area (Å²) in [6.45, 7) is 2.37. The number of ether oxygens (including phenoxy) is 1. The minimum absolute atomic E-state index is 0.118. The highest BCUT2D eigenvalue weighted by atomic mass is 16.5. The van der Waals surface area contributed by atoms with E-state index in [2.05, 4.69) is 56.8 Å². The summed E-state index contributed by atoms with van der Waals surface area (Å²) >= 11 is 0. The Morgan fingerprint density at radius 2 is 1.79 bits per heavy atom. The molecule has 2 heterocycles. The fraction of sp³-hybridized carbons (Fsp3) is 0.269. The molecule has 0 aliphatic carbocycles. The van der Waals surface area contributed by atoms with Crippen LogP contribution in [0.15, 0.2) is 72.8 Å². The largest absolute Gasteiger partial charge is 0.504 e. The predicted molar refractivity (Wildman–Crippen MR) is 125 cm³/mol. The Morgan fingerprint density at radius 3 is 2.61 bits per heavy atom. The first kappa shape index (κ1) is 21.2. The first-order chi connectivity index (χ1) is 16.2. The van der Waals surface area contributed by atoms with Crippen LogP contribution in [0.4, 0.5) is 0 Å². The van der Waals surface area contributed by atoms with Crippen LogP contribution in [0.2, 0.25) is 0 Å². The van der Waals surface area contributed by atoms with Gasteiger partial charge in [-0.2, -0.15) is 0 Å². The SMILES string of the molecule is COc1cc([C@@H](c2nnnn2CCc2ccccc2)N2CCc3ccccc3C2)ccc1O. The Balaban J connectivity index is 1.51. The maximum atomic E-state index is 10.2. The summed E-state index contributed by atoms with van der Waals surface area (Å²) in [7, 11) is 1.56. The molecule has 7 heteroatoms. The fourth-order valence-corrected chi connectivity index (χ4v) is 4.57. The zero-order valence-corrected chi connectivity index (χ0v) is 18.6. The van der Waals surface area contributed by atoms with Crippen molar-refractivity contribution >= 4 is 0 Å². The van der Waals surface area contributed by atoms with Gasteiger partial charge in [-0.1, -0.05) is 60.7 Å². The van der Waals surface area contributed by atoms with Crippen LogP contribution in [0, 0.1) is 0 Å². The Labute approximate surface area is 193 Å². The average molecular weight is 442 g/mol. The van der Waals surface area contributed by atoms with Crippen LogP contribution in [0.3, 0.4) is 0 Å². The molecule has 0 fully saturated rings. The van der Waals surface area contributed by atoms with Crippen molar-refractivity contribution in [3.8, 4) is 11.5 Å². The number of hydrogen-bond donors (Lipinski definition) is 1. The van der Waals surface area contributed by atoms with Crippen LogP contribution in [-0.2, 0) is 25.9 Å². The number of aromatic nitrogens is 4. The van der Waals surface area contributed by atoms with E-state index in [1.165, 1.54) is 16.7 Å². The van der Waals surface area contributed by atoms with Crippen LogP contribution in [-0.4, -0.2) is 43.9 Å². The van der Waals surface area contributed by atoms with Crippen molar-refractivity contribution in [1.29, 1.82) is 0 Å². The molecule has 0 spiro atoms. The van der Waals surface area contributed by atoms with Crippen molar-refractivity contribution in [3.63, 3.8) is 0 Å².